The van der Waals surface area contributed by atoms with Crippen LogP contribution in [0.3, 0.4) is 0 Å². The Bertz CT molecular complexity index is 379. The highest BCUT2D eigenvalue weighted by Gasteiger charge is 2.07. The molecule has 0 saturated carbocycles. The van der Waals surface area contributed by atoms with Crippen molar-refractivity contribution in [1.29, 1.82) is 0 Å². The van der Waals surface area contributed by atoms with Crippen molar-refractivity contribution in [2.75, 3.05) is 11.9 Å². The van der Waals surface area contributed by atoms with Crippen molar-refractivity contribution in [2.45, 2.75) is 12.8 Å². The molecule has 78 valence electrons. The van der Waals surface area contributed by atoms with Crippen LogP contribution in [-0.2, 0) is 0 Å². The first-order valence-electron chi connectivity index (χ1n) is 4.75. The maximum atomic E-state index is 10.8. The van der Waals surface area contributed by atoms with Gasteiger partial charge in [-0.1, -0.05) is 12.1 Å². The molecule has 0 aliphatic carbocycles. The minimum Gasteiger partial charge on any atom is -0.478 e. The molecule has 1 aromatic rings. The number of rotatable bonds is 5. The van der Waals surface area contributed by atoms with E-state index in [-0.39, 0.29) is 0 Å². The minimum atomic E-state index is -0.921. The second kappa shape index (κ2) is 5.71. The van der Waals surface area contributed by atoms with Crippen LogP contribution in [0.2, 0.25) is 0 Å². The van der Waals surface area contributed by atoms with Gasteiger partial charge in [0.1, 0.15) is 0 Å². The van der Waals surface area contributed by atoms with E-state index in [1.807, 2.05) is 0 Å². The zero-order valence-corrected chi connectivity index (χ0v) is 8.36. The largest absolute Gasteiger partial charge is 0.478 e. The highest BCUT2D eigenvalue weighted by molar-refractivity contribution is 5.94. The topological polar surface area (TPSA) is 49.3 Å². The Morgan fingerprint density at radius 3 is 2.87 bits per heavy atom. The zero-order chi connectivity index (χ0) is 11.1. The van der Waals surface area contributed by atoms with Crippen molar-refractivity contribution in [3.8, 4) is 12.3 Å². The van der Waals surface area contributed by atoms with Crippen LogP contribution in [0.25, 0.3) is 0 Å². The molecule has 3 nitrogen and oxygen atoms in total. The summed E-state index contributed by atoms with van der Waals surface area (Å²) in [5.41, 5.74) is 0.931. The smallest absolute Gasteiger partial charge is 0.337 e. The number of carboxylic acids is 1. The van der Waals surface area contributed by atoms with Gasteiger partial charge >= 0.3 is 5.97 Å². The number of terminal acetylenes is 1. The fourth-order valence-electron chi connectivity index (χ4n) is 1.24. The number of unbranched alkanes of at least 4 members (excludes halogenated alkanes) is 1. The zero-order valence-electron chi connectivity index (χ0n) is 8.36. The second-order valence-corrected chi connectivity index (χ2v) is 3.09. The van der Waals surface area contributed by atoms with E-state index in [4.69, 9.17) is 11.5 Å². The van der Waals surface area contributed by atoms with Gasteiger partial charge in [-0.15, -0.1) is 12.3 Å². The number of nitrogens with one attached hydrogen (secondary N) is 1. The molecular formula is C12H13NO2. The Labute approximate surface area is 89.1 Å². The Morgan fingerprint density at radius 2 is 2.20 bits per heavy atom. The van der Waals surface area contributed by atoms with Gasteiger partial charge < -0.3 is 10.4 Å². The summed E-state index contributed by atoms with van der Waals surface area (Å²) < 4.78 is 0. The summed E-state index contributed by atoms with van der Waals surface area (Å²) in [5.74, 6) is 1.61. The Balaban J connectivity index is 2.60. The SMILES string of the molecule is C#CCCCNc1ccccc1C(=O)O. The average Bonchev–Trinajstić information content (AvgIpc) is 2.25. The number of benzene rings is 1. The van der Waals surface area contributed by atoms with Gasteiger partial charge in [-0.05, 0) is 18.6 Å². The van der Waals surface area contributed by atoms with Crippen LogP contribution < -0.4 is 5.32 Å². The van der Waals surface area contributed by atoms with Gasteiger partial charge in [0.25, 0.3) is 0 Å². The Morgan fingerprint density at radius 1 is 1.47 bits per heavy atom. The van der Waals surface area contributed by atoms with Crippen LogP contribution in [0.1, 0.15) is 23.2 Å². The Hall–Kier alpha value is -1.95. The molecule has 0 heterocycles. The minimum absolute atomic E-state index is 0.290. The molecule has 0 fully saturated rings. The van der Waals surface area contributed by atoms with E-state index < -0.39 is 5.97 Å². The summed E-state index contributed by atoms with van der Waals surface area (Å²) in [5, 5.41) is 11.9. The standard InChI is InChI=1S/C12H13NO2/c1-2-3-6-9-13-11-8-5-4-7-10(11)12(14)15/h1,4-5,7-8,13H,3,6,9H2,(H,14,15). The third-order valence-electron chi connectivity index (χ3n) is 1.97. The third-order valence-corrected chi connectivity index (χ3v) is 1.97. The van der Waals surface area contributed by atoms with Gasteiger partial charge in [0.15, 0.2) is 0 Å². The first kappa shape index (κ1) is 11.1. The molecule has 0 atom stereocenters. The van der Waals surface area contributed by atoms with Gasteiger partial charge in [0.05, 0.1) is 5.56 Å². The van der Waals surface area contributed by atoms with Gasteiger partial charge in [0, 0.05) is 18.7 Å². The summed E-state index contributed by atoms with van der Waals surface area (Å²) in [6.45, 7) is 0.689. The molecule has 0 aliphatic heterocycles. The maximum absolute atomic E-state index is 10.8. The van der Waals surface area contributed by atoms with Gasteiger partial charge in [-0.3, -0.25) is 0 Å². The molecule has 2 N–H and O–H groups in total. The predicted octanol–water partition coefficient (Wildman–Crippen LogP) is 2.21. The molecule has 0 radical (unpaired) electrons. The first-order valence-corrected chi connectivity index (χ1v) is 4.75. The van der Waals surface area contributed by atoms with Crippen LogP contribution >= 0.6 is 0 Å². The molecule has 0 amide bonds. The van der Waals surface area contributed by atoms with Crippen molar-refractivity contribution < 1.29 is 9.90 Å². The van der Waals surface area contributed by atoms with E-state index in [0.717, 1.165) is 6.42 Å². The van der Waals surface area contributed by atoms with Crippen LogP contribution in [0.5, 0.6) is 0 Å². The molecule has 0 bridgehead atoms. The molecule has 3 heteroatoms. The lowest BCUT2D eigenvalue weighted by Gasteiger charge is -2.07. The highest BCUT2D eigenvalue weighted by Crippen LogP contribution is 2.14. The summed E-state index contributed by atoms with van der Waals surface area (Å²) in [7, 11) is 0. The second-order valence-electron chi connectivity index (χ2n) is 3.09. The summed E-state index contributed by atoms with van der Waals surface area (Å²) in [6, 6.07) is 6.83. The van der Waals surface area contributed by atoms with E-state index in [1.165, 1.54) is 0 Å². The lowest BCUT2D eigenvalue weighted by atomic mass is 10.2. The van der Waals surface area contributed by atoms with Crippen molar-refractivity contribution in [3.05, 3.63) is 29.8 Å². The van der Waals surface area contributed by atoms with Gasteiger partial charge in [-0.2, -0.15) is 0 Å². The van der Waals surface area contributed by atoms with Crippen LogP contribution in [0.4, 0.5) is 5.69 Å². The van der Waals surface area contributed by atoms with E-state index in [2.05, 4.69) is 11.2 Å². The number of para-hydroxylation sites is 1. The van der Waals surface area contributed by atoms with Crippen molar-refractivity contribution in [1.82, 2.24) is 0 Å². The van der Waals surface area contributed by atoms with Crippen molar-refractivity contribution in [3.63, 3.8) is 0 Å². The molecule has 0 spiro atoms. The molecule has 1 aromatic carbocycles. The van der Waals surface area contributed by atoms with E-state index in [0.29, 0.717) is 24.2 Å². The van der Waals surface area contributed by atoms with E-state index in [9.17, 15) is 4.79 Å². The van der Waals surface area contributed by atoms with Crippen LogP contribution in [-0.4, -0.2) is 17.6 Å². The molecule has 0 unspecified atom stereocenters. The summed E-state index contributed by atoms with van der Waals surface area (Å²) in [4.78, 5) is 10.8. The molecule has 0 saturated heterocycles. The normalized spacial score (nSPS) is 9.27. The van der Waals surface area contributed by atoms with Crippen LogP contribution in [0.15, 0.2) is 24.3 Å². The van der Waals surface area contributed by atoms with Gasteiger partial charge in [0.2, 0.25) is 0 Å². The number of hydrogen-bond donors (Lipinski definition) is 2. The van der Waals surface area contributed by atoms with Gasteiger partial charge in [-0.25, -0.2) is 4.79 Å². The number of carbonyl (C=O) groups is 1. The highest BCUT2D eigenvalue weighted by atomic mass is 16.4. The van der Waals surface area contributed by atoms with Crippen molar-refractivity contribution in [2.24, 2.45) is 0 Å². The number of hydrogen-bond acceptors (Lipinski definition) is 2. The summed E-state index contributed by atoms with van der Waals surface area (Å²) in [6.07, 6.45) is 6.65. The Kier molecular flexibility index (Phi) is 4.24. The summed E-state index contributed by atoms with van der Waals surface area (Å²) >= 11 is 0. The maximum Gasteiger partial charge on any atom is 0.337 e. The average molecular weight is 203 g/mol. The third kappa shape index (κ3) is 3.35. The number of aromatic carboxylic acids is 1. The quantitative estimate of drug-likeness (QED) is 0.569. The number of anilines is 1. The first-order chi connectivity index (χ1) is 7.25. The molecular weight excluding hydrogens is 190 g/mol. The predicted molar refractivity (Wildman–Crippen MR) is 60.0 cm³/mol. The lowest BCUT2D eigenvalue weighted by Crippen LogP contribution is -2.07. The lowest BCUT2D eigenvalue weighted by molar-refractivity contribution is 0.0698. The molecule has 0 aromatic heterocycles. The molecule has 0 aliphatic rings. The van der Waals surface area contributed by atoms with Crippen LogP contribution in [0, 0.1) is 12.3 Å². The van der Waals surface area contributed by atoms with E-state index in [1.54, 1.807) is 24.3 Å². The monoisotopic (exact) mass is 203 g/mol. The van der Waals surface area contributed by atoms with E-state index >= 15 is 0 Å². The fraction of sp³-hybridized carbons (Fsp3) is 0.250. The number of carboxylic acid groups (broad SMARTS) is 1. The molecule has 1 rings (SSSR count). The van der Waals surface area contributed by atoms with Crippen molar-refractivity contribution >= 4 is 11.7 Å². The fourth-order valence-corrected chi connectivity index (χ4v) is 1.24. The molecule has 15 heavy (non-hydrogen) atoms.